The maximum atomic E-state index is 12.6. The highest BCUT2D eigenvalue weighted by Gasteiger charge is 1.90. The topological polar surface area (TPSA) is 0 Å². The van der Waals surface area contributed by atoms with E-state index < -0.39 is 0 Å². The van der Waals surface area contributed by atoms with Gasteiger partial charge in [-0.05, 0) is 44.9 Å². The zero-order valence-corrected chi connectivity index (χ0v) is 9.55. The molecule has 1 heteroatoms. The molecule has 0 fully saturated rings. The average Bonchev–Trinajstić information content (AvgIpc) is 2.20. The number of rotatable bonds is 3. The lowest BCUT2D eigenvalue weighted by Crippen LogP contribution is -1.78. The van der Waals surface area contributed by atoms with Crippen molar-refractivity contribution in [1.29, 1.82) is 0 Å². The van der Waals surface area contributed by atoms with Crippen molar-refractivity contribution in [3.05, 3.63) is 52.9 Å². The fraction of sp³-hybridized carbons (Fsp3) is 0.286. The van der Waals surface area contributed by atoms with Gasteiger partial charge in [-0.3, -0.25) is 0 Å². The molecule has 0 saturated carbocycles. The summed E-state index contributed by atoms with van der Waals surface area (Å²) in [6.45, 7) is 6.35. The summed E-state index contributed by atoms with van der Waals surface area (Å²) < 4.78 is 12.6. The predicted molar refractivity (Wildman–Crippen MR) is 64.1 cm³/mol. The highest BCUT2D eigenvalue weighted by molar-refractivity contribution is 5.49. The fourth-order valence-electron chi connectivity index (χ4n) is 1.15. The lowest BCUT2D eigenvalue weighted by atomic mass is 10.1. The first-order chi connectivity index (χ1) is 7.09. The Labute approximate surface area is 91.1 Å². The lowest BCUT2D eigenvalue weighted by Gasteiger charge is -1.98. The Balaban J connectivity index is 2.59. The Kier molecular flexibility index (Phi) is 4.29. The zero-order valence-electron chi connectivity index (χ0n) is 9.55. The molecule has 1 aromatic carbocycles. The second-order valence-electron chi connectivity index (χ2n) is 3.94. The van der Waals surface area contributed by atoms with Gasteiger partial charge in [-0.15, -0.1) is 0 Å². The molecule has 0 bridgehead atoms. The van der Waals surface area contributed by atoms with Gasteiger partial charge in [-0.2, -0.15) is 0 Å². The predicted octanol–water partition coefficient (Wildman–Crippen LogP) is 4.59. The minimum absolute atomic E-state index is 0.187. The van der Waals surface area contributed by atoms with Crippen molar-refractivity contribution in [2.75, 3.05) is 0 Å². The quantitative estimate of drug-likeness (QED) is 0.632. The van der Waals surface area contributed by atoms with Crippen molar-refractivity contribution < 1.29 is 4.39 Å². The maximum absolute atomic E-state index is 12.6. The SMILES string of the molecule is CC(C)=C(C)C/C=C/c1ccc(F)cc1. The Morgan fingerprint density at radius 3 is 2.27 bits per heavy atom. The van der Waals surface area contributed by atoms with E-state index in [0.717, 1.165) is 12.0 Å². The molecular weight excluding hydrogens is 187 g/mol. The second-order valence-corrected chi connectivity index (χ2v) is 3.94. The van der Waals surface area contributed by atoms with Gasteiger partial charge in [0.05, 0.1) is 0 Å². The third-order valence-corrected chi connectivity index (χ3v) is 2.46. The van der Waals surface area contributed by atoms with E-state index in [0.29, 0.717) is 0 Å². The van der Waals surface area contributed by atoms with E-state index in [2.05, 4.69) is 26.8 Å². The standard InChI is InChI=1S/C14H17F/c1-11(2)12(3)5-4-6-13-7-9-14(15)10-8-13/h4,6-10H,5H2,1-3H3/b6-4+. The second kappa shape index (κ2) is 5.50. The number of halogens is 1. The summed E-state index contributed by atoms with van der Waals surface area (Å²) in [7, 11) is 0. The molecule has 1 aromatic rings. The van der Waals surface area contributed by atoms with Crippen LogP contribution in [0.4, 0.5) is 4.39 Å². The van der Waals surface area contributed by atoms with Crippen molar-refractivity contribution in [2.24, 2.45) is 0 Å². The van der Waals surface area contributed by atoms with Gasteiger partial charge in [-0.1, -0.05) is 35.4 Å². The van der Waals surface area contributed by atoms with Gasteiger partial charge in [0.15, 0.2) is 0 Å². The summed E-state index contributed by atoms with van der Waals surface area (Å²) in [4.78, 5) is 0. The minimum Gasteiger partial charge on any atom is -0.207 e. The number of hydrogen-bond acceptors (Lipinski definition) is 0. The minimum atomic E-state index is -0.187. The maximum Gasteiger partial charge on any atom is 0.123 e. The number of allylic oxidation sites excluding steroid dienone is 3. The summed E-state index contributed by atoms with van der Waals surface area (Å²) >= 11 is 0. The summed E-state index contributed by atoms with van der Waals surface area (Å²) in [5, 5.41) is 0. The number of benzene rings is 1. The van der Waals surface area contributed by atoms with Gasteiger partial charge < -0.3 is 0 Å². The molecule has 0 atom stereocenters. The molecule has 0 spiro atoms. The lowest BCUT2D eigenvalue weighted by molar-refractivity contribution is 0.628. The Hall–Kier alpha value is -1.37. The molecule has 0 amide bonds. The van der Waals surface area contributed by atoms with Crippen LogP contribution in [0.15, 0.2) is 41.5 Å². The van der Waals surface area contributed by atoms with E-state index in [1.807, 2.05) is 6.08 Å². The molecule has 0 heterocycles. The van der Waals surface area contributed by atoms with Crippen LogP contribution in [0.1, 0.15) is 32.8 Å². The summed E-state index contributed by atoms with van der Waals surface area (Å²) in [6, 6.07) is 6.52. The van der Waals surface area contributed by atoms with Crippen LogP contribution in [-0.2, 0) is 0 Å². The van der Waals surface area contributed by atoms with E-state index in [1.54, 1.807) is 12.1 Å². The van der Waals surface area contributed by atoms with Crippen LogP contribution < -0.4 is 0 Å². The summed E-state index contributed by atoms with van der Waals surface area (Å²) in [5.41, 5.74) is 3.78. The van der Waals surface area contributed by atoms with Crippen LogP contribution >= 0.6 is 0 Å². The molecule has 0 N–H and O–H groups in total. The van der Waals surface area contributed by atoms with E-state index in [9.17, 15) is 4.39 Å². The van der Waals surface area contributed by atoms with Crippen LogP contribution in [-0.4, -0.2) is 0 Å². The molecule has 15 heavy (non-hydrogen) atoms. The molecule has 80 valence electrons. The molecule has 0 aliphatic heterocycles. The van der Waals surface area contributed by atoms with E-state index in [-0.39, 0.29) is 5.82 Å². The van der Waals surface area contributed by atoms with E-state index in [4.69, 9.17) is 0 Å². The van der Waals surface area contributed by atoms with Crippen molar-refractivity contribution >= 4 is 6.08 Å². The van der Waals surface area contributed by atoms with Crippen LogP contribution in [0.25, 0.3) is 6.08 Å². The fourth-order valence-corrected chi connectivity index (χ4v) is 1.15. The molecule has 1 rings (SSSR count). The van der Waals surface area contributed by atoms with Crippen LogP contribution in [0, 0.1) is 5.82 Å². The van der Waals surface area contributed by atoms with Crippen molar-refractivity contribution in [1.82, 2.24) is 0 Å². The molecule has 0 radical (unpaired) electrons. The van der Waals surface area contributed by atoms with Crippen LogP contribution in [0.2, 0.25) is 0 Å². The summed E-state index contributed by atoms with van der Waals surface area (Å²) in [6.07, 6.45) is 5.08. The van der Waals surface area contributed by atoms with Gasteiger partial charge in [0, 0.05) is 0 Å². The highest BCUT2D eigenvalue weighted by Crippen LogP contribution is 2.10. The van der Waals surface area contributed by atoms with E-state index in [1.165, 1.54) is 23.3 Å². The Morgan fingerprint density at radius 1 is 1.13 bits per heavy atom. The van der Waals surface area contributed by atoms with Gasteiger partial charge in [-0.25, -0.2) is 4.39 Å². The molecule has 0 aliphatic rings. The first-order valence-corrected chi connectivity index (χ1v) is 5.14. The van der Waals surface area contributed by atoms with Crippen LogP contribution in [0.5, 0.6) is 0 Å². The van der Waals surface area contributed by atoms with E-state index >= 15 is 0 Å². The third-order valence-electron chi connectivity index (χ3n) is 2.46. The monoisotopic (exact) mass is 204 g/mol. The molecular formula is C14H17F. The number of hydrogen-bond donors (Lipinski definition) is 0. The van der Waals surface area contributed by atoms with Crippen LogP contribution in [0.3, 0.4) is 0 Å². The third kappa shape index (κ3) is 4.11. The van der Waals surface area contributed by atoms with Crippen molar-refractivity contribution in [3.63, 3.8) is 0 Å². The smallest absolute Gasteiger partial charge is 0.123 e. The first kappa shape index (κ1) is 11.7. The average molecular weight is 204 g/mol. The largest absolute Gasteiger partial charge is 0.207 e. The molecule has 0 saturated heterocycles. The normalized spacial score (nSPS) is 10.7. The van der Waals surface area contributed by atoms with Gasteiger partial charge in [0.25, 0.3) is 0 Å². The Morgan fingerprint density at radius 2 is 1.73 bits per heavy atom. The molecule has 0 aliphatic carbocycles. The summed E-state index contributed by atoms with van der Waals surface area (Å²) in [5.74, 6) is -0.187. The molecule has 0 aromatic heterocycles. The zero-order chi connectivity index (χ0) is 11.3. The first-order valence-electron chi connectivity index (χ1n) is 5.14. The van der Waals surface area contributed by atoms with Gasteiger partial charge in [0.1, 0.15) is 5.82 Å². The van der Waals surface area contributed by atoms with Crippen molar-refractivity contribution in [2.45, 2.75) is 27.2 Å². The molecule has 0 nitrogen and oxygen atoms in total. The highest BCUT2D eigenvalue weighted by atomic mass is 19.1. The Bertz CT molecular complexity index is 365. The van der Waals surface area contributed by atoms with Crippen molar-refractivity contribution in [3.8, 4) is 0 Å². The van der Waals surface area contributed by atoms with Gasteiger partial charge >= 0.3 is 0 Å². The van der Waals surface area contributed by atoms with Gasteiger partial charge in [0.2, 0.25) is 0 Å². The molecule has 0 unspecified atom stereocenters.